The Balaban J connectivity index is 2.14. The average molecular weight is 194 g/mol. The molecule has 0 N–H and O–H groups in total. The zero-order chi connectivity index (χ0) is 10.3. The van der Waals surface area contributed by atoms with Crippen molar-refractivity contribution in [3.05, 3.63) is 59.2 Å². The molecule has 0 unspecified atom stereocenters. The maximum Gasteiger partial charge on any atom is -0.0178 e. The number of fused-ring (bicyclic) bond motifs is 1. The van der Waals surface area contributed by atoms with Gasteiger partial charge in [-0.05, 0) is 47.6 Å². The van der Waals surface area contributed by atoms with Crippen LogP contribution in [0.1, 0.15) is 16.7 Å². The monoisotopic (exact) mass is 194 g/mol. The molecule has 0 saturated heterocycles. The van der Waals surface area contributed by atoms with E-state index in [4.69, 9.17) is 0 Å². The van der Waals surface area contributed by atoms with Crippen LogP contribution in [0.15, 0.2) is 42.5 Å². The molecule has 1 aliphatic rings. The Bertz CT molecular complexity index is 478. The first-order valence-corrected chi connectivity index (χ1v) is 5.52. The van der Waals surface area contributed by atoms with Crippen LogP contribution in [0.5, 0.6) is 0 Å². The topological polar surface area (TPSA) is 0 Å². The SMILES string of the molecule is Cc1cc(-c2ccccc2)cc2c1CC2. The van der Waals surface area contributed by atoms with Gasteiger partial charge in [0, 0.05) is 0 Å². The van der Waals surface area contributed by atoms with E-state index in [1.165, 1.54) is 29.5 Å². The Labute approximate surface area is 90.6 Å². The van der Waals surface area contributed by atoms with Crippen LogP contribution in [0.2, 0.25) is 0 Å². The van der Waals surface area contributed by atoms with Crippen molar-refractivity contribution < 1.29 is 0 Å². The van der Waals surface area contributed by atoms with E-state index in [0.29, 0.717) is 0 Å². The number of aryl methyl sites for hydroxylation is 2. The molecule has 0 nitrogen and oxygen atoms in total. The minimum Gasteiger partial charge on any atom is -0.0622 e. The predicted octanol–water partition coefficient (Wildman–Crippen LogP) is 3.76. The maximum absolute atomic E-state index is 2.35. The lowest BCUT2D eigenvalue weighted by molar-refractivity contribution is 0.828. The largest absolute Gasteiger partial charge is 0.0622 e. The summed E-state index contributed by atoms with van der Waals surface area (Å²) >= 11 is 0. The minimum absolute atomic E-state index is 1.26. The van der Waals surface area contributed by atoms with Gasteiger partial charge in [0.25, 0.3) is 0 Å². The van der Waals surface area contributed by atoms with Crippen molar-refractivity contribution in [3.63, 3.8) is 0 Å². The second-order valence-electron chi connectivity index (χ2n) is 4.30. The van der Waals surface area contributed by atoms with Gasteiger partial charge in [-0.3, -0.25) is 0 Å². The third-order valence-electron chi connectivity index (χ3n) is 3.32. The molecule has 0 saturated carbocycles. The highest BCUT2D eigenvalue weighted by Crippen LogP contribution is 2.31. The third-order valence-corrected chi connectivity index (χ3v) is 3.32. The quantitative estimate of drug-likeness (QED) is 0.648. The zero-order valence-electron chi connectivity index (χ0n) is 8.96. The molecular weight excluding hydrogens is 180 g/mol. The molecule has 2 aromatic carbocycles. The maximum atomic E-state index is 2.35. The summed E-state index contributed by atoms with van der Waals surface area (Å²) in [5.41, 5.74) is 7.28. The molecule has 15 heavy (non-hydrogen) atoms. The highest BCUT2D eigenvalue weighted by atomic mass is 14.2. The average Bonchev–Trinajstić information content (AvgIpc) is 2.22. The van der Waals surface area contributed by atoms with Gasteiger partial charge in [-0.1, -0.05) is 42.5 Å². The van der Waals surface area contributed by atoms with Crippen LogP contribution in [0, 0.1) is 6.92 Å². The summed E-state index contributed by atoms with van der Waals surface area (Å²) in [4.78, 5) is 0. The Morgan fingerprint density at radius 3 is 2.27 bits per heavy atom. The van der Waals surface area contributed by atoms with E-state index in [1.807, 2.05) is 0 Å². The van der Waals surface area contributed by atoms with Crippen LogP contribution in [0.3, 0.4) is 0 Å². The van der Waals surface area contributed by atoms with Crippen molar-refractivity contribution in [1.29, 1.82) is 0 Å². The lowest BCUT2D eigenvalue weighted by atomic mass is 9.83. The molecular formula is C15H14. The smallest absolute Gasteiger partial charge is 0.0178 e. The van der Waals surface area contributed by atoms with E-state index >= 15 is 0 Å². The van der Waals surface area contributed by atoms with Gasteiger partial charge in [0.2, 0.25) is 0 Å². The molecule has 0 heteroatoms. The Morgan fingerprint density at radius 1 is 0.867 bits per heavy atom. The Kier molecular flexibility index (Phi) is 1.88. The van der Waals surface area contributed by atoms with E-state index < -0.39 is 0 Å². The lowest BCUT2D eigenvalue weighted by Crippen LogP contribution is -2.10. The van der Waals surface area contributed by atoms with Gasteiger partial charge in [-0.2, -0.15) is 0 Å². The number of benzene rings is 2. The van der Waals surface area contributed by atoms with Crippen molar-refractivity contribution in [3.8, 4) is 11.1 Å². The van der Waals surface area contributed by atoms with Crippen molar-refractivity contribution in [2.45, 2.75) is 19.8 Å². The molecule has 0 aliphatic heterocycles. The fraction of sp³-hybridized carbons (Fsp3) is 0.200. The molecule has 0 spiro atoms. The summed E-state index contributed by atoms with van der Waals surface area (Å²) in [5.74, 6) is 0. The molecule has 0 fully saturated rings. The summed E-state index contributed by atoms with van der Waals surface area (Å²) in [5, 5.41) is 0. The minimum atomic E-state index is 1.26. The summed E-state index contributed by atoms with van der Waals surface area (Å²) in [6.07, 6.45) is 2.53. The molecule has 0 aromatic heterocycles. The third kappa shape index (κ3) is 1.37. The standard InChI is InChI=1S/C15H14/c1-11-9-14(10-13-7-8-15(11)13)12-5-3-2-4-6-12/h2-6,9-10H,7-8H2,1H3. The first kappa shape index (κ1) is 8.72. The van der Waals surface area contributed by atoms with E-state index in [-0.39, 0.29) is 0 Å². The fourth-order valence-corrected chi connectivity index (χ4v) is 2.35. The van der Waals surface area contributed by atoms with E-state index in [9.17, 15) is 0 Å². The number of hydrogen-bond acceptors (Lipinski definition) is 0. The predicted molar refractivity (Wildman–Crippen MR) is 64.0 cm³/mol. The van der Waals surface area contributed by atoms with Gasteiger partial charge < -0.3 is 0 Å². The normalized spacial score (nSPS) is 13.1. The Morgan fingerprint density at radius 2 is 1.67 bits per heavy atom. The molecule has 0 atom stereocenters. The van der Waals surface area contributed by atoms with Crippen LogP contribution >= 0.6 is 0 Å². The first-order chi connectivity index (χ1) is 7.34. The van der Waals surface area contributed by atoms with Crippen LogP contribution < -0.4 is 0 Å². The van der Waals surface area contributed by atoms with Crippen LogP contribution in [-0.4, -0.2) is 0 Å². The second kappa shape index (κ2) is 3.23. The van der Waals surface area contributed by atoms with Gasteiger partial charge in [0.05, 0.1) is 0 Å². The molecule has 3 rings (SSSR count). The van der Waals surface area contributed by atoms with Gasteiger partial charge in [0.15, 0.2) is 0 Å². The van der Waals surface area contributed by atoms with Gasteiger partial charge in [-0.15, -0.1) is 0 Å². The zero-order valence-corrected chi connectivity index (χ0v) is 8.96. The highest BCUT2D eigenvalue weighted by Gasteiger charge is 2.16. The van der Waals surface area contributed by atoms with Crippen LogP contribution in [0.4, 0.5) is 0 Å². The van der Waals surface area contributed by atoms with Gasteiger partial charge >= 0.3 is 0 Å². The Hall–Kier alpha value is -1.56. The molecule has 0 radical (unpaired) electrons. The van der Waals surface area contributed by atoms with Gasteiger partial charge in [-0.25, -0.2) is 0 Å². The van der Waals surface area contributed by atoms with E-state index in [2.05, 4.69) is 49.4 Å². The molecule has 0 bridgehead atoms. The van der Waals surface area contributed by atoms with Crippen molar-refractivity contribution in [2.75, 3.05) is 0 Å². The number of hydrogen-bond donors (Lipinski definition) is 0. The molecule has 1 aliphatic carbocycles. The summed E-state index contributed by atoms with van der Waals surface area (Å²) in [7, 11) is 0. The van der Waals surface area contributed by atoms with E-state index in [0.717, 1.165) is 0 Å². The first-order valence-electron chi connectivity index (χ1n) is 5.52. The lowest BCUT2D eigenvalue weighted by Gasteiger charge is -2.22. The number of rotatable bonds is 1. The van der Waals surface area contributed by atoms with Crippen molar-refractivity contribution >= 4 is 0 Å². The summed E-state index contributed by atoms with van der Waals surface area (Å²) in [6, 6.07) is 15.3. The second-order valence-corrected chi connectivity index (χ2v) is 4.30. The van der Waals surface area contributed by atoms with Crippen molar-refractivity contribution in [2.24, 2.45) is 0 Å². The molecule has 74 valence electrons. The highest BCUT2D eigenvalue weighted by molar-refractivity contribution is 5.67. The molecule has 0 heterocycles. The fourth-order valence-electron chi connectivity index (χ4n) is 2.35. The molecule has 2 aromatic rings. The van der Waals surface area contributed by atoms with Crippen LogP contribution in [-0.2, 0) is 12.8 Å². The summed E-state index contributed by atoms with van der Waals surface area (Å²) < 4.78 is 0. The van der Waals surface area contributed by atoms with E-state index in [1.54, 1.807) is 11.1 Å². The van der Waals surface area contributed by atoms with Gasteiger partial charge in [0.1, 0.15) is 0 Å². The van der Waals surface area contributed by atoms with Crippen molar-refractivity contribution in [1.82, 2.24) is 0 Å². The van der Waals surface area contributed by atoms with Crippen LogP contribution in [0.25, 0.3) is 11.1 Å². The molecule has 0 amide bonds. The summed E-state index contributed by atoms with van der Waals surface area (Å²) in [6.45, 7) is 2.23.